The summed E-state index contributed by atoms with van der Waals surface area (Å²) in [5.41, 5.74) is 6.39. The molecule has 0 bridgehead atoms. The maximum atomic E-state index is 12.9. The van der Waals surface area contributed by atoms with Crippen LogP contribution in [0.2, 0.25) is 0 Å². The van der Waals surface area contributed by atoms with Gasteiger partial charge in [-0.2, -0.15) is 5.10 Å². The number of esters is 1. The predicted molar refractivity (Wildman–Crippen MR) is 71.7 cm³/mol. The monoisotopic (exact) mass is 291 g/mol. The largest absolute Gasteiger partial charge is 0.444 e. The molecule has 7 heteroatoms. The molecule has 21 heavy (non-hydrogen) atoms. The number of primary amides is 1. The summed E-state index contributed by atoms with van der Waals surface area (Å²) in [7, 11) is 1.68. The van der Waals surface area contributed by atoms with Crippen molar-refractivity contribution in [3.63, 3.8) is 0 Å². The molecule has 1 aromatic heterocycles. The third-order valence-corrected chi connectivity index (χ3v) is 3.11. The molecule has 1 atom stereocenters. The van der Waals surface area contributed by atoms with E-state index < -0.39 is 23.8 Å². The number of nitrogens with zero attached hydrogens (tertiary/aromatic N) is 2. The fourth-order valence-electron chi connectivity index (χ4n) is 1.80. The second-order valence-corrected chi connectivity index (χ2v) is 4.51. The normalized spacial score (nSPS) is 12.0. The van der Waals surface area contributed by atoms with Crippen molar-refractivity contribution in [2.24, 2.45) is 12.8 Å². The summed E-state index contributed by atoms with van der Waals surface area (Å²) in [6.07, 6.45) is 0.0677. The fraction of sp³-hybridized carbons (Fsp3) is 0.214. The number of carbonyl (C=O) groups is 2. The van der Waals surface area contributed by atoms with Gasteiger partial charge in [-0.25, -0.2) is 9.18 Å². The van der Waals surface area contributed by atoms with E-state index in [1.54, 1.807) is 14.0 Å². The topological polar surface area (TPSA) is 87.2 Å². The van der Waals surface area contributed by atoms with Crippen LogP contribution >= 0.6 is 0 Å². The van der Waals surface area contributed by atoms with E-state index >= 15 is 0 Å². The summed E-state index contributed by atoms with van der Waals surface area (Å²) in [5.74, 6) is -2.01. The molecule has 2 N–H and O–H groups in total. The summed E-state index contributed by atoms with van der Waals surface area (Å²) >= 11 is 0. The summed E-state index contributed by atoms with van der Waals surface area (Å²) in [6.45, 7) is 1.70. The van der Waals surface area contributed by atoms with Gasteiger partial charge in [-0.1, -0.05) is 12.1 Å². The van der Waals surface area contributed by atoms with Crippen molar-refractivity contribution in [2.45, 2.75) is 13.0 Å². The smallest absolute Gasteiger partial charge is 0.342 e. The highest BCUT2D eigenvalue weighted by molar-refractivity contribution is 5.93. The molecule has 0 aliphatic rings. The third kappa shape index (κ3) is 3.07. The quantitative estimate of drug-likeness (QED) is 0.859. The average Bonchev–Trinajstić information content (AvgIpc) is 2.77. The Bertz CT molecular complexity index is 679. The molecule has 0 spiro atoms. The minimum absolute atomic E-state index is 0.242. The van der Waals surface area contributed by atoms with Crippen molar-refractivity contribution in [1.29, 1.82) is 0 Å². The van der Waals surface area contributed by atoms with Crippen LogP contribution in [0, 0.1) is 12.7 Å². The molecule has 1 aromatic carbocycles. The fourth-order valence-corrected chi connectivity index (χ4v) is 1.80. The number of halogens is 1. The molecule has 0 aliphatic heterocycles. The molecule has 0 saturated heterocycles. The summed E-state index contributed by atoms with van der Waals surface area (Å²) in [6, 6.07) is 5.01. The van der Waals surface area contributed by atoms with Crippen molar-refractivity contribution < 1.29 is 18.7 Å². The van der Waals surface area contributed by atoms with Gasteiger partial charge in [-0.3, -0.25) is 9.48 Å². The maximum Gasteiger partial charge on any atom is 0.342 e. The van der Waals surface area contributed by atoms with Crippen LogP contribution in [-0.4, -0.2) is 21.7 Å². The molecule has 6 nitrogen and oxygen atoms in total. The van der Waals surface area contributed by atoms with Crippen LogP contribution in [0.25, 0.3) is 0 Å². The standard InChI is InChI=1S/C14H14FN3O3/c1-8-11(7-17-18(8)2)14(20)21-12(13(16)19)9-3-5-10(15)6-4-9/h3-7,12H,1-2H3,(H2,16,19)/t12-/m0/s1. The zero-order valence-electron chi connectivity index (χ0n) is 11.5. The molecule has 2 rings (SSSR count). The van der Waals surface area contributed by atoms with Crippen LogP contribution in [0.3, 0.4) is 0 Å². The van der Waals surface area contributed by atoms with E-state index in [9.17, 15) is 14.0 Å². The van der Waals surface area contributed by atoms with Crippen molar-refractivity contribution in [3.05, 3.63) is 53.1 Å². The molecular formula is C14H14FN3O3. The molecule has 1 amide bonds. The molecule has 2 aromatic rings. The van der Waals surface area contributed by atoms with Crippen molar-refractivity contribution in [1.82, 2.24) is 9.78 Å². The van der Waals surface area contributed by atoms with E-state index in [-0.39, 0.29) is 5.56 Å². The minimum atomic E-state index is -1.28. The molecule has 0 saturated carbocycles. The highest BCUT2D eigenvalue weighted by Crippen LogP contribution is 2.20. The highest BCUT2D eigenvalue weighted by Gasteiger charge is 2.25. The number of aromatic nitrogens is 2. The Morgan fingerprint density at radius 3 is 2.43 bits per heavy atom. The number of hydrogen-bond acceptors (Lipinski definition) is 4. The Balaban J connectivity index is 2.24. The first-order chi connectivity index (χ1) is 9.90. The van der Waals surface area contributed by atoms with Gasteiger partial charge in [0.1, 0.15) is 11.4 Å². The molecular weight excluding hydrogens is 277 g/mol. The van der Waals surface area contributed by atoms with E-state index in [4.69, 9.17) is 10.5 Å². The first kappa shape index (κ1) is 14.7. The average molecular weight is 291 g/mol. The summed E-state index contributed by atoms with van der Waals surface area (Å²) < 4.78 is 19.5. The number of rotatable bonds is 4. The van der Waals surface area contributed by atoms with E-state index in [1.807, 2.05) is 0 Å². The van der Waals surface area contributed by atoms with Gasteiger partial charge in [0, 0.05) is 18.3 Å². The molecule has 0 fully saturated rings. The van der Waals surface area contributed by atoms with Crippen LogP contribution < -0.4 is 5.73 Å². The van der Waals surface area contributed by atoms with Crippen molar-refractivity contribution in [3.8, 4) is 0 Å². The molecule has 0 unspecified atom stereocenters. The van der Waals surface area contributed by atoms with Crippen molar-refractivity contribution >= 4 is 11.9 Å². The number of nitrogens with two attached hydrogens (primary N) is 1. The Kier molecular flexibility index (Phi) is 4.02. The number of aryl methyl sites for hydroxylation is 1. The summed E-state index contributed by atoms with van der Waals surface area (Å²) in [4.78, 5) is 23.5. The Morgan fingerprint density at radius 1 is 1.33 bits per heavy atom. The lowest BCUT2D eigenvalue weighted by atomic mass is 10.1. The number of carbonyl (C=O) groups excluding carboxylic acids is 2. The first-order valence-electron chi connectivity index (χ1n) is 6.14. The lowest BCUT2D eigenvalue weighted by Crippen LogP contribution is -2.26. The Morgan fingerprint density at radius 2 is 1.95 bits per heavy atom. The second kappa shape index (κ2) is 5.74. The lowest BCUT2D eigenvalue weighted by Gasteiger charge is -2.14. The zero-order valence-corrected chi connectivity index (χ0v) is 11.5. The highest BCUT2D eigenvalue weighted by atomic mass is 19.1. The number of ether oxygens (including phenoxy) is 1. The van der Waals surface area contributed by atoms with Crippen LogP contribution in [-0.2, 0) is 16.6 Å². The molecule has 1 heterocycles. The van der Waals surface area contributed by atoms with Gasteiger partial charge in [0.15, 0.2) is 0 Å². The van der Waals surface area contributed by atoms with Gasteiger partial charge in [-0.05, 0) is 19.1 Å². The van der Waals surface area contributed by atoms with E-state index in [1.165, 1.54) is 23.0 Å². The lowest BCUT2D eigenvalue weighted by molar-refractivity contribution is -0.127. The van der Waals surface area contributed by atoms with Crippen molar-refractivity contribution in [2.75, 3.05) is 0 Å². The minimum Gasteiger partial charge on any atom is -0.444 e. The maximum absolute atomic E-state index is 12.9. The van der Waals surface area contributed by atoms with E-state index in [0.29, 0.717) is 11.3 Å². The number of amides is 1. The van der Waals surface area contributed by atoms with Gasteiger partial charge in [0.25, 0.3) is 5.91 Å². The predicted octanol–water partition coefficient (Wildman–Crippen LogP) is 1.25. The molecule has 0 radical (unpaired) electrons. The van der Waals surface area contributed by atoms with Crippen LogP contribution in [0.5, 0.6) is 0 Å². The zero-order chi connectivity index (χ0) is 15.6. The molecule has 110 valence electrons. The Labute approximate surface area is 120 Å². The van der Waals surface area contributed by atoms with Gasteiger partial charge >= 0.3 is 5.97 Å². The Hall–Kier alpha value is -2.70. The van der Waals surface area contributed by atoms with Crippen LogP contribution in [0.15, 0.2) is 30.5 Å². The van der Waals surface area contributed by atoms with E-state index in [2.05, 4.69) is 5.10 Å². The first-order valence-corrected chi connectivity index (χ1v) is 6.14. The number of hydrogen-bond donors (Lipinski definition) is 1. The van der Waals surface area contributed by atoms with Crippen LogP contribution in [0.1, 0.15) is 27.7 Å². The molecule has 0 aliphatic carbocycles. The van der Waals surface area contributed by atoms with Gasteiger partial charge in [-0.15, -0.1) is 0 Å². The van der Waals surface area contributed by atoms with Gasteiger partial charge < -0.3 is 10.5 Å². The van der Waals surface area contributed by atoms with Gasteiger partial charge in [0.2, 0.25) is 6.10 Å². The second-order valence-electron chi connectivity index (χ2n) is 4.51. The van der Waals surface area contributed by atoms with E-state index in [0.717, 1.165) is 12.1 Å². The van der Waals surface area contributed by atoms with Gasteiger partial charge in [0.05, 0.1) is 6.20 Å². The summed E-state index contributed by atoms with van der Waals surface area (Å²) in [5, 5.41) is 3.92. The van der Waals surface area contributed by atoms with Crippen LogP contribution in [0.4, 0.5) is 4.39 Å². The number of benzene rings is 1. The SMILES string of the molecule is Cc1c(C(=O)O[C@H](C(N)=O)c2ccc(F)cc2)cnn1C. The third-order valence-electron chi connectivity index (χ3n) is 3.11.